The largest absolute Gasteiger partial charge is 0.381 e. The molecule has 0 fully saturated rings. The summed E-state index contributed by atoms with van der Waals surface area (Å²) in [6.07, 6.45) is 0. The molecule has 0 aliphatic rings. The summed E-state index contributed by atoms with van der Waals surface area (Å²) in [5, 5.41) is 6.22. The quantitative estimate of drug-likeness (QED) is 0.846. The van der Waals surface area contributed by atoms with Crippen molar-refractivity contribution in [3.05, 3.63) is 57.6 Å². The third-order valence-electron chi connectivity index (χ3n) is 3.27. The lowest BCUT2D eigenvalue weighted by Gasteiger charge is -2.12. The number of benzene rings is 2. The first-order chi connectivity index (χ1) is 9.95. The van der Waals surface area contributed by atoms with E-state index < -0.39 is 0 Å². The summed E-state index contributed by atoms with van der Waals surface area (Å²) in [4.78, 5) is 11.2. The van der Waals surface area contributed by atoms with Gasteiger partial charge in [0.15, 0.2) is 0 Å². The van der Waals surface area contributed by atoms with Crippen molar-refractivity contribution >= 4 is 33.2 Å². The van der Waals surface area contributed by atoms with E-state index in [-0.39, 0.29) is 5.91 Å². The fourth-order valence-electron chi connectivity index (χ4n) is 2.08. The minimum Gasteiger partial charge on any atom is -0.381 e. The van der Waals surface area contributed by atoms with Gasteiger partial charge in [0, 0.05) is 29.3 Å². The second kappa shape index (κ2) is 6.76. The van der Waals surface area contributed by atoms with Crippen molar-refractivity contribution in [3.8, 4) is 0 Å². The van der Waals surface area contributed by atoms with Crippen LogP contribution in [0.4, 0.5) is 11.4 Å². The number of aryl methyl sites for hydroxylation is 2. The lowest BCUT2D eigenvalue weighted by Crippen LogP contribution is -2.08. The number of amides is 1. The summed E-state index contributed by atoms with van der Waals surface area (Å²) in [6, 6.07) is 12.3. The summed E-state index contributed by atoms with van der Waals surface area (Å²) >= 11 is 3.51. The zero-order chi connectivity index (χ0) is 15.4. The molecule has 0 radical (unpaired) electrons. The van der Waals surface area contributed by atoms with Crippen LogP contribution in [0.15, 0.2) is 40.9 Å². The third kappa shape index (κ3) is 4.33. The van der Waals surface area contributed by atoms with E-state index in [1.807, 2.05) is 25.1 Å². The maximum absolute atomic E-state index is 11.2. The van der Waals surface area contributed by atoms with Crippen LogP contribution < -0.4 is 10.6 Å². The molecule has 0 atom stereocenters. The highest BCUT2D eigenvalue weighted by molar-refractivity contribution is 9.10. The molecule has 2 aromatic rings. The monoisotopic (exact) mass is 346 g/mol. The van der Waals surface area contributed by atoms with Crippen LogP contribution in [0.5, 0.6) is 0 Å². The molecule has 21 heavy (non-hydrogen) atoms. The Hall–Kier alpha value is -1.81. The van der Waals surface area contributed by atoms with Gasteiger partial charge in [0.1, 0.15) is 0 Å². The number of hydrogen-bond donors (Lipinski definition) is 2. The Morgan fingerprint density at radius 3 is 2.52 bits per heavy atom. The number of carbonyl (C=O) groups is 1. The van der Waals surface area contributed by atoms with Gasteiger partial charge in [0.05, 0.1) is 0 Å². The van der Waals surface area contributed by atoms with E-state index in [0.29, 0.717) is 0 Å². The Balaban J connectivity index is 2.09. The molecule has 2 aromatic carbocycles. The fraction of sp³-hybridized carbons (Fsp3) is 0.235. The molecule has 2 N–H and O–H groups in total. The van der Waals surface area contributed by atoms with Gasteiger partial charge in [0.25, 0.3) is 0 Å². The predicted octanol–water partition coefficient (Wildman–Crippen LogP) is 4.64. The summed E-state index contributed by atoms with van der Waals surface area (Å²) in [6.45, 7) is 6.32. The smallest absolute Gasteiger partial charge is 0.221 e. The fourth-order valence-corrected chi connectivity index (χ4v) is 2.32. The van der Waals surface area contributed by atoms with Gasteiger partial charge in [-0.25, -0.2) is 0 Å². The van der Waals surface area contributed by atoms with Crippen molar-refractivity contribution in [2.75, 3.05) is 10.6 Å². The van der Waals surface area contributed by atoms with Crippen LogP contribution in [-0.2, 0) is 11.3 Å². The van der Waals surface area contributed by atoms with Gasteiger partial charge in [-0.1, -0.05) is 34.1 Å². The predicted molar refractivity (Wildman–Crippen MR) is 91.7 cm³/mol. The lowest BCUT2D eigenvalue weighted by atomic mass is 10.1. The highest BCUT2D eigenvalue weighted by atomic mass is 79.9. The van der Waals surface area contributed by atoms with Crippen molar-refractivity contribution in [2.45, 2.75) is 27.3 Å². The standard InChI is InChI=1S/C17H19BrN2O/c1-11-4-6-15(9-17(11)20-13(3)21)19-10-14-5-7-16(18)12(2)8-14/h4-9,19H,10H2,1-3H3,(H,20,21). The van der Waals surface area contributed by atoms with Gasteiger partial charge in [-0.2, -0.15) is 0 Å². The summed E-state index contributed by atoms with van der Waals surface area (Å²) < 4.78 is 1.12. The Bertz CT molecular complexity index is 668. The molecule has 0 spiro atoms. The Morgan fingerprint density at radius 1 is 1.10 bits per heavy atom. The highest BCUT2D eigenvalue weighted by Gasteiger charge is 2.03. The average Bonchev–Trinajstić information content (AvgIpc) is 2.43. The molecule has 0 bridgehead atoms. The van der Waals surface area contributed by atoms with Crippen LogP contribution in [0.3, 0.4) is 0 Å². The van der Waals surface area contributed by atoms with Crippen LogP contribution in [0.2, 0.25) is 0 Å². The summed E-state index contributed by atoms with van der Waals surface area (Å²) in [5.41, 5.74) is 5.33. The zero-order valence-electron chi connectivity index (χ0n) is 12.5. The first-order valence-corrected chi connectivity index (χ1v) is 7.62. The van der Waals surface area contributed by atoms with E-state index in [1.54, 1.807) is 0 Å². The van der Waals surface area contributed by atoms with E-state index in [2.05, 4.69) is 51.7 Å². The molecular weight excluding hydrogens is 328 g/mol. The summed E-state index contributed by atoms with van der Waals surface area (Å²) in [7, 11) is 0. The number of halogens is 1. The summed E-state index contributed by atoms with van der Waals surface area (Å²) in [5.74, 6) is -0.0567. The van der Waals surface area contributed by atoms with E-state index >= 15 is 0 Å². The zero-order valence-corrected chi connectivity index (χ0v) is 14.0. The average molecular weight is 347 g/mol. The second-order valence-electron chi connectivity index (χ2n) is 5.15. The first kappa shape index (κ1) is 15.6. The van der Waals surface area contributed by atoms with Gasteiger partial charge in [-0.15, -0.1) is 0 Å². The van der Waals surface area contributed by atoms with Crippen LogP contribution in [0.1, 0.15) is 23.6 Å². The molecule has 2 rings (SSSR count). The molecule has 0 unspecified atom stereocenters. The van der Waals surface area contributed by atoms with Crippen molar-refractivity contribution in [1.82, 2.24) is 0 Å². The maximum atomic E-state index is 11.2. The minimum absolute atomic E-state index is 0.0567. The van der Waals surface area contributed by atoms with Gasteiger partial charge in [-0.3, -0.25) is 4.79 Å². The minimum atomic E-state index is -0.0567. The lowest BCUT2D eigenvalue weighted by molar-refractivity contribution is -0.114. The highest BCUT2D eigenvalue weighted by Crippen LogP contribution is 2.22. The van der Waals surface area contributed by atoms with Crippen LogP contribution >= 0.6 is 15.9 Å². The molecule has 0 aliphatic carbocycles. The molecule has 0 saturated heterocycles. The molecule has 0 heterocycles. The molecule has 0 aromatic heterocycles. The normalized spacial score (nSPS) is 10.3. The Kier molecular flexibility index (Phi) is 5.02. The van der Waals surface area contributed by atoms with Gasteiger partial charge in [-0.05, 0) is 48.7 Å². The SMILES string of the molecule is CC(=O)Nc1cc(NCc2ccc(Br)c(C)c2)ccc1C. The van der Waals surface area contributed by atoms with E-state index in [4.69, 9.17) is 0 Å². The molecular formula is C17H19BrN2O. The first-order valence-electron chi connectivity index (χ1n) is 6.83. The van der Waals surface area contributed by atoms with Crippen molar-refractivity contribution in [1.29, 1.82) is 0 Å². The molecule has 1 amide bonds. The van der Waals surface area contributed by atoms with Crippen molar-refractivity contribution < 1.29 is 4.79 Å². The van der Waals surface area contributed by atoms with Gasteiger partial charge < -0.3 is 10.6 Å². The van der Waals surface area contributed by atoms with E-state index in [0.717, 1.165) is 28.0 Å². The van der Waals surface area contributed by atoms with Crippen molar-refractivity contribution in [3.63, 3.8) is 0 Å². The third-order valence-corrected chi connectivity index (χ3v) is 4.16. The second-order valence-corrected chi connectivity index (χ2v) is 6.00. The van der Waals surface area contributed by atoms with Crippen LogP contribution in [-0.4, -0.2) is 5.91 Å². The number of hydrogen-bond acceptors (Lipinski definition) is 2. The maximum Gasteiger partial charge on any atom is 0.221 e. The van der Waals surface area contributed by atoms with Crippen molar-refractivity contribution in [2.24, 2.45) is 0 Å². The molecule has 110 valence electrons. The van der Waals surface area contributed by atoms with Gasteiger partial charge in [0.2, 0.25) is 5.91 Å². The van der Waals surface area contributed by atoms with Crippen LogP contribution in [0.25, 0.3) is 0 Å². The van der Waals surface area contributed by atoms with Gasteiger partial charge >= 0.3 is 0 Å². The van der Waals surface area contributed by atoms with E-state index in [1.165, 1.54) is 18.1 Å². The molecule has 4 heteroatoms. The van der Waals surface area contributed by atoms with E-state index in [9.17, 15) is 4.79 Å². The number of anilines is 2. The van der Waals surface area contributed by atoms with Crippen LogP contribution in [0, 0.1) is 13.8 Å². The number of nitrogens with one attached hydrogen (secondary N) is 2. The molecule has 0 aliphatic heterocycles. The number of rotatable bonds is 4. The topological polar surface area (TPSA) is 41.1 Å². The number of carbonyl (C=O) groups excluding carboxylic acids is 1. The Morgan fingerprint density at radius 2 is 1.86 bits per heavy atom. The molecule has 3 nitrogen and oxygen atoms in total. The Labute approximate surface area is 133 Å². The molecule has 0 saturated carbocycles.